The summed E-state index contributed by atoms with van der Waals surface area (Å²) in [6, 6.07) is 0.164. The Balaban J connectivity index is 2.09. The topological polar surface area (TPSA) is 84.7 Å². The van der Waals surface area contributed by atoms with Crippen molar-refractivity contribution in [1.82, 2.24) is 10.2 Å². The minimum absolute atomic E-state index is 0.0128. The van der Waals surface area contributed by atoms with Gasteiger partial charge in [0.25, 0.3) is 0 Å². The summed E-state index contributed by atoms with van der Waals surface area (Å²) in [6.45, 7) is 4.63. The van der Waals surface area contributed by atoms with Gasteiger partial charge in [0.15, 0.2) is 0 Å². The second kappa shape index (κ2) is 7.33. The number of nitrogens with zero attached hydrogens (tertiary/aromatic N) is 1. The molecule has 3 N–H and O–H groups in total. The molecule has 18 heavy (non-hydrogen) atoms. The van der Waals surface area contributed by atoms with Crippen molar-refractivity contribution in [2.75, 3.05) is 33.3 Å². The van der Waals surface area contributed by atoms with Crippen LogP contribution in [0.3, 0.4) is 0 Å². The molecule has 104 valence electrons. The normalized spacial score (nSPS) is 23.9. The molecule has 2 atom stereocenters. The van der Waals surface area contributed by atoms with E-state index in [1.54, 1.807) is 0 Å². The summed E-state index contributed by atoms with van der Waals surface area (Å²) in [6.07, 6.45) is 0.941. The predicted octanol–water partition coefficient (Wildman–Crippen LogP) is -0.665. The Kier molecular flexibility index (Phi) is 6.07. The summed E-state index contributed by atoms with van der Waals surface area (Å²) in [5, 5.41) is 2.79. The zero-order valence-corrected chi connectivity index (χ0v) is 11.1. The Morgan fingerprint density at radius 2 is 2.17 bits per heavy atom. The van der Waals surface area contributed by atoms with E-state index < -0.39 is 0 Å². The first-order valence-electron chi connectivity index (χ1n) is 6.34. The first-order valence-corrected chi connectivity index (χ1v) is 6.34. The van der Waals surface area contributed by atoms with Gasteiger partial charge in [-0.3, -0.25) is 14.5 Å². The largest absolute Gasteiger partial charge is 0.469 e. The standard InChI is InChI=1S/C12H23N3O3/c1-9-6-15(7-10(9)13)8-11(16)14-5-3-4-12(17)18-2/h9-10H,3-8,13H2,1-2H3,(H,14,16). The summed E-state index contributed by atoms with van der Waals surface area (Å²) in [5.41, 5.74) is 5.89. The van der Waals surface area contributed by atoms with E-state index in [0.29, 0.717) is 31.8 Å². The van der Waals surface area contributed by atoms with Crippen LogP contribution in [0.4, 0.5) is 0 Å². The number of carbonyl (C=O) groups excluding carboxylic acids is 2. The maximum atomic E-state index is 11.6. The van der Waals surface area contributed by atoms with Crippen molar-refractivity contribution < 1.29 is 14.3 Å². The number of carbonyl (C=O) groups is 2. The van der Waals surface area contributed by atoms with Crippen molar-refractivity contribution in [1.29, 1.82) is 0 Å². The number of nitrogens with one attached hydrogen (secondary N) is 1. The van der Waals surface area contributed by atoms with Crippen LogP contribution in [0, 0.1) is 5.92 Å². The number of nitrogens with two attached hydrogens (primary N) is 1. The average Bonchev–Trinajstić information content (AvgIpc) is 2.63. The van der Waals surface area contributed by atoms with Crippen LogP contribution in [0.2, 0.25) is 0 Å². The van der Waals surface area contributed by atoms with Crippen molar-refractivity contribution in [3.63, 3.8) is 0 Å². The number of ether oxygens (including phenoxy) is 1. The fraction of sp³-hybridized carbons (Fsp3) is 0.833. The molecular weight excluding hydrogens is 234 g/mol. The van der Waals surface area contributed by atoms with E-state index in [1.807, 2.05) is 0 Å². The number of hydrogen-bond donors (Lipinski definition) is 2. The maximum Gasteiger partial charge on any atom is 0.305 e. The Hall–Kier alpha value is -1.14. The highest BCUT2D eigenvalue weighted by atomic mass is 16.5. The number of rotatable bonds is 6. The van der Waals surface area contributed by atoms with Crippen LogP contribution in [-0.2, 0) is 14.3 Å². The Labute approximate surface area is 108 Å². The van der Waals surface area contributed by atoms with Crippen LogP contribution in [0.5, 0.6) is 0 Å². The van der Waals surface area contributed by atoms with E-state index in [9.17, 15) is 9.59 Å². The third kappa shape index (κ3) is 5.01. The molecule has 1 aliphatic rings. The lowest BCUT2D eigenvalue weighted by Gasteiger charge is -2.14. The van der Waals surface area contributed by atoms with Gasteiger partial charge in [0.05, 0.1) is 13.7 Å². The molecule has 1 rings (SSSR count). The van der Waals surface area contributed by atoms with E-state index in [0.717, 1.165) is 13.1 Å². The molecule has 0 bridgehead atoms. The van der Waals surface area contributed by atoms with Crippen molar-refractivity contribution >= 4 is 11.9 Å². The minimum Gasteiger partial charge on any atom is -0.469 e. The first-order chi connectivity index (χ1) is 8.52. The molecular formula is C12H23N3O3. The molecule has 0 aromatic heterocycles. The zero-order valence-electron chi connectivity index (χ0n) is 11.1. The third-order valence-electron chi connectivity index (χ3n) is 3.22. The Morgan fingerprint density at radius 3 is 2.72 bits per heavy atom. The fourth-order valence-electron chi connectivity index (χ4n) is 2.05. The zero-order chi connectivity index (χ0) is 13.5. The molecule has 6 nitrogen and oxygen atoms in total. The number of methoxy groups -OCH3 is 1. The molecule has 0 radical (unpaired) electrons. The van der Waals surface area contributed by atoms with Gasteiger partial charge in [0, 0.05) is 32.1 Å². The summed E-state index contributed by atoms with van der Waals surface area (Å²) >= 11 is 0. The monoisotopic (exact) mass is 257 g/mol. The van der Waals surface area contributed by atoms with Gasteiger partial charge in [0.2, 0.25) is 5.91 Å². The molecule has 6 heteroatoms. The van der Waals surface area contributed by atoms with Gasteiger partial charge in [-0.2, -0.15) is 0 Å². The van der Waals surface area contributed by atoms with E-state index in [2.05, 4.69) is 21.9 Å². The summed E-state index contributed by atoms with van der Waals surface area (Å²) < 4.78 is 4.51. The molecule has 0 saturated carbocycles. The molecule has 2 unspecified atom stereocenters. The van der Waals surface area contributed by atoms with E-state index in [4.69, 9.17) is 5.73 Å². The quantitative estimate of drug-likeness (QED) is 0.487. The molecule has 0 spiro atoms. The summed E-state index contributed by atoms with van der Waals surface area (Å²) in [5.74, 6) is 0.182. The average molecular weight is 257 g/mol. The van der Waals surface area contributed by atoms with Crippen LogP contribution >= 0.6 is 0 Å². The first kappa shape index (κ1) is 14.9. The Bertz CT molecular complexity index is 286. The highest BCUT2D eigenvalue weighted by Gasteiger charge is 2.27. The Morgan fingerprint density at radius 1 is 1.44 bits per heavy atom. The van der Waals surface area contributed by atoms with E-state index in [1.165, 1.54) is 7.11 Å². The molecule has 1 fully saturated rings. The number of esters is 1. The SMILES string of the molecule is COC(=O)CCCNC(=O)CN1CC(C)C(N)C1. The molecule has 1 heterocycles. The number of hydrogen-bond acceptors (Lipinski definition) is 5. The van der Waals surface area contributed by atoms with Crippen LogP contribution < -0.4 is 11.1 Å². The number of likely N-dealkylation sites (tertiary alicyclic amines) is 1. The molecule has 0 aromatic rings. The highest BCUT2D eigenvalue weighted by molar-refractivity contribution is 5.78. The highest BCUT2D eigenvalue weighted by Crippen LogP contribution is 2.13. The van der Waals surface area contributed by atoms with Gasteiger partial charge >= 0.3 is 5.97 Å². The smallest absolute Gasteiger partial charge is 0.305 e. The maximum absolute atomic E-state index is 11.6. The molecule has 1 aliphatic heterocycles. The van der Waals surface area contributed by atoms with Crippen LogP contribution in [0.15, 0.2) is 0 Å². The van der Waals surface area contributed by atoms with Gasteiger partial charge in [-0.05, 0) is 12.3 Å². The molecule has 1 amide bonds. The molecule has 1 saturated heterocycles. The van der Waals surface area contributed by atoms with Gasteiger partial charge in [-0.25, -0.2) is 0 Å². The van der Waals surface area contributed by atoms with E-state index >= 15 is 0 Å². The third-order valence-corrected chi connectivity index (χ3v) is 3.22. The van der Waals surface area contributed by atoms with Gasteiger partial charge < -0.3 is 15.8 Å². The number of amides is 1. The van der Waals surface area contributed by atoms with Crippen molar-refractivity contribution in [2.24, 2.45) is 11.7 Å². The molecule has 0 aromatic carbocycles. The van der Waals surface area contributed by atoms with Crippen LogP contribution in [-0.4, -0.2) is 56.1 Å². The van der Waals surface area contributed by atoms with Crippen molar-refractivity contribution in [3.05, 3.63) is 0 Å². The molecule has 0 aliphatic carbocycles. The van der Waals surface area contributed by atoms with Gasteiger partial charge in [0.1, 0.15) is 0 Å². The lowest BCUT2D eigenvalue weighted by atomic mass is 10.1. The van der Waals surface area contributed by atoms with Crippen molar-refractivity contribution in [2.45, 2.75) is 25.8 Å². The van der Waals surface area contributed by atoms with Gasteiger partial charge in [-0.1, -0.05) is 6.92 Å². The minimum atomic E-state index is -0.247. The van der Waals surface area contributed by atoms with Crippen LogP contribution in [0.25, 0.3) is 0 Å². The lowest BCUT2D eigenvalue weighted by molar-refractivity contribution is -0.140. The van der Waals surface area contributed by atoms with Crippen LogP contribution in [0.1, 0.15) is 19.8 Å². The van der Waals surface area contributed by atoms with E-state index in [-0.39, 0.29) is 17.9 Å². The predicted molar refractivity (Wildman–Crippen MR) is 67.8 cm³/mol. The van der Waals surface area contributed by atoms with Gasteiger partial charge in [-0.15, -0.1) is 0 Å². The lowest BCUT2D eigenvalue weighted by Crippen LogP contribution is -2.37. The second-order valence-corrected chi connectivity index (χ2v) is 4.86. The van der Waals surface area contributed by atoms with Crippen molar-refractivity contribution in [3.8, 4) is 0 Å². The second-order valence-electron chi connectivity index (χ2n) is 4.86. The fourth-order valence-corrected chi connectivity index (χ4v) is 2.05. The summed E-state index contributed by atoms with van der Waals surface area (Å²) in [7, 11) is 1.36. The summed E-state index contributed by atoms with van der Waals surface area (Å²) in [4.78, 5) is 24.5.